The number of amides is 1. The van der Waals surface area contributed by atoms with Crippen molar-refractivity contribution in [3.05, 3.63) is 51.2 Å². The summed E-state index contributed by atoms with van der Waals surface area (Å²) in [6, 6.07) is 9.22. The van der Waals surface area contributed by atoms with Crippen LogP contribution < -0.4 is 4.74 Å². The highest BCUT2D eigenvalue weighted by molar-refractivity contribution is 7.10. The Labute approximate surface area is 133 Å². The Balaban J connectivity index is 1.65. The normalized spacial score (nSPS) is 15.4. The molecule has 1 aliphatic rings. The van der Waals surface area contributed by atoms with E-state index in [1.54, 1.807) is 30.4 Å². The highest BCUT2D eigenvalue weighted by Crippen LogP contribution is 2.25. The van der Waals surface area contributed by atoms with Gasteiger partial charge in [-0.15, -0.1) is 11.3 Å². The predicted octanol–water partition coefficient (Wildman–Crippen LogP) is 3.75. The minimum absolute atomic E-state index is 0.0202. The summed E-state index contributed by atoms with van der Waals surface area (Å²) in [5, 5.41) is 2.69. The number of rotatable bonds is 3. The summed E-state index contributed by atoms with van der Waals surface area (Å²) in [6.45, 7) is 3.23. The van der Waals surface area contributed by atoms with E-state index in [1.165, 1.54) is 10.4 Å². The minimum atomic E-state index is -0.511. The monoisotopic (exact) mass is 321 g/mol. The van der Waals surface area contributed by atoms with Gasteiger partial charge in [-0.05, 0) is 48.6 Å². The van der Waals surface area contributed by atoms with Crippen LogP contribution in [-0.2, 0) is 17.8 Å². The van der Waals surface area contributed by atoms with Crippen LogP contribution in [0.1, 0.15) is 17.4 Å². The fourth-order valence-corrected chi connectivity index (χ4v) is 3.56. The molecule has 2 aromatic rings. The van der Waals surface area contributed by atoms with Gasteiger partial charge in [0.1, 0.15) is 5.75 Å². The van der Waals surface area contributed by atoms with E-state index in [4.69, 9.17) is 16.3 Å². The molecule has 0 fully saturated rings. The van der Waals surface area contributed by atoms with Crippen molar-refractivity contribution in [1.29, 1.82) is 0 Å². The van der Waals surface area contributed by atoms with Gasteiger partial charge in [0.2, 0.25) is 0 Å². The third-order valence-electron chi connectivity index (χ3n) is 3.58. The number of thiophene rings is 1. The number of ether oxygens (including phenoxy) is 1. The van der Waals surface area contributed by atoms with Crippen LogP contribution in [0.3, 0.4) is 0 Å². The molecule has 1 unspecified atom stereocenters. The number of hydrogen-bond donors (Lipinski definition) is 0. The predicted molar refractivity (Wildman–Crippen MR) is 85.0 cm³/mol. The first-order valence-corrected chi connectivity index (χ1v) is 8.15. The van der Waals surface area contributed by atoms with E-state index < -0.39 is 6.10 Å². The van der Waals surface area contributed by atoms with Crippen molar-refractivity contribution >= 4 is 28.8 Å². The third-order valence-corrected chi connectivity index (χ3v) is 4.83. The average molecular weight is 322 g/mol. The SMILES string of the molecule is CC(Oc1cccc(Cl)c1)C(=O)N1CCc2sccc2C1. The first-order chi connectivity index (χ1) is 10.1. The molecule has 2 heterocycles. The smallest absolute Gasteiger partial charge is 0.263 e. The number of fused-ring (bicyclic) bond motifs is 1. The van der Waals surface area contributed by atoms with Gasteiger partial charge in [0.05, 0.1) is 0 Å². The highest BCUT2D eigenvalue weighted by Gasteiger charge is 2.26. The molecule has 0 saturated heterocycles. The maximum Gasteiger partial charge on any atom is 0.263 e. The van der Waals surface area contributed by atoms with Gasteiger partial charge in [0, 0.05) is 23.0 Å². The summed E-state index contributed by atoms with van der Waals surface area (Å²) in [6.07, 6.45) is 0.423. The molecule has 0 saturated carbocycles. The number of carbonyl (C=O) groups excluding carboxylic acids is 1. The topological polar surface area (TPSA) is 29.5 Å². The Morgan fingerprint density at radius 3 is 3.10 bits per heavy atom. The maximum atomic E-state index is 12.5. The summed E-state index contributed by atoms with van der Waals surface area (Å²) >= 11 is 7.69. The van der Waals surface area contributed by atoms with Crippen LogP contribution in [0, 0.1) is 0 Å². The summed E-state index contributed by atoms with van der Waals surface area (Å²) < 4.78 is 5.71. The van der Waals surface area contributed by atoms with Crippen LogP contribution in [0.4, 0.5) is 0 Å². The van der Waals surface area contributed by atoms with E-state index in [0.29, 0.717) is 17.3 Å². The lowest BCUT2D eigenvalue weighted by Gasteiger charge is -2.29. The lowest BCUT2D eigenvalue weighted by Crippen LogP contribution is -2.42. The summed E-state index contributed by atoms with van der Waals surface area (Å²) in [4.78, 5) is 15.7. The van der Waals surface area contributed by atoms with Crippen LogP contribution in [0.15, 0.2) is 35.7 Å². The second-order valence-electron chi connectivity index (χ2n) is 5.10. The highest BCUT2D eigenvalue weighted by atomic mass is 35.5. The lowest BCUT2D eigenvalue weighted by atomic mass is 10.1. The number of halogens is 1. The first-order valence-electron chi connectivity index (χ1n) is 6.90. The molecule has 1 amide bonds. The Hall–Kier alpha value is -1.52. The van der Waals surface area contributed by atoms with E-state index in [1.807, 2.05) is 17.0 Å². The van der Waals surface area contributed by atoms with Gasteiger partial charge < -0.3 is 9.64 Å². The Morgan fingerprint density at radius 1 is 1.43 bits per heavy atom. The molecule has 0 aliphatic carbocycles. The van der Waals surface area contributed by atoms with Gasteiger partial charge >= 0.3 is 0 Å². The fourth-order valence-electron chi connectivity index (χ4n) is 2.49. The summed E-state index contributed by atoms with van der Waals surface area (Å²) in [7, 11) is 0. The Bertz CT molecular complexity index is 655. The van der Waals surface area contributed by atoms with Crippen molar-refractivity contribution in [2.45, 2.75) is 26.0 Å². The van der Waals surface area contributed by atoms with Crippen molar-refractivity contribution in [2.24, 2.45) is 0 Å². The van der Waals surface area contributed by atoms with E-state index >= 15 is 0 Å². The van der Waals surface area contributed by atoms with E-state index in [2.05, 4.69) is 11.4 Å². The molecule has 0 N–H and O–H groups in total. The molecule has 110 valence electrons. The molecule has 0 bridgehead atoms. The molecule has 3 nitrogen and oxygen atoms in total. The van der Waals surface area contributed by atoms with Gasteiger partial charge in [0.25, 0.3) is 5.91 Å². The van der Waals surface area contributed by atoms with Crippen molar-refractivity contribution in [2.75, 3.05) is 6.54 Å². The molecule has 1 aliphatic heterocycles. The molecule has 1 atom stereocenters. The van der Waals surface area contributed by atoms with Gasteiger partial charge in [-0.2, -0.15) is 0 Å². The van der Waals surface area contributed by atoms with Crippen molar-refractivity contribution in [3.63, 3.8) is 0 Å². The fraction of sp³-hybridized carbons (Fsp3) is 0.312. The minimum Gasteiger partial charge on any atom is -0.481 e. The lowest BCUT2D eigenvalue weighted by molar-refractivity contribution is -0.138. The van der Waals surface area contributed by atoms with Gasteiger partial charge in [-0.3, -0.25) is 4.79 Å². The second kappa shape index (κ2) is 6.08. The van der Waals surface area contributed by atoms with Crippen LogP contribution in [0.2, 0.25) is 5.02 Å². The second-order valence-corrected chi connectivity index (χ2v) is 6.53. The molecule has 3 rings (SSSR count). The number of benzene rings is 1. The van der Waals surface area contributed by atoms with Crippen LogP contribution >= 0.6 is 22.9 Å². The molecular weight excluding hydrogens is 306 g/mol. The zero-order valence-corrected chi connectivity index (χ0v) is 13.3. The summed E-state index contributed by atoms with van der Waals surface area (Å²) in [5.41, 5.74) is 1.26. The molecule has 5 heteroatoms. The zero-order chi connectivity index (χ0) is 14.8. The molecule has 0 radical (unpaired) electrons. The molecule has 1 aromatic carbocycles. The number of hydrogen-bond acceptors (Lipinski definition) is 3. The van der Waals surface area contributed by atoms with Gasteiger partial charge in [0.15, 0.2) is 6.10 Å². The van der Waals surface area contributed by atoms with Crippen molar-refractivity contribution < 1.29 is 9.53 Å². The van der Waals surface area contributed by atoms with Crippen molar-refractivity contribution in [3.8, 4) is 5.75 Å². The third kappa shape index (κ3) is 3.22. The quantitative estimate of drug-likeness (QED) is 0.861. The van der Waals surface area contributed by atoms with E-state index in [-0.39, 0.29) is 5.91 Å². The standard InChI is InChI=1S/C16H16ClNO2S/c1-11(20-14-4-2-3-13(17)9-14)16(19)18-7-5-15-12(10-18)6-8-21-15/h2-4,6,8-9,11H,5,7,10H2,1H3. The molecule has 0 spiro atoms. The van der Waals surface area contributed by atoms with E-state index in [9.17, 15) is 4.79 Å². The average Bonchev–Trinajstić information content (AvgIpc) is 2.93. The van der Waals surface area contributed by atoms with Crippen LogP contribution in [0.5, 0.6) is 5.75 Å². The van der Waals surface area contributed by atoms with Gasteiger partial charge in [-0.25, -0.2) is 0 Å². The molecule has 1 aromatic heterocycles. The largest absolute Gasteiger partial charge is 0.481 e. The van der Waals surface area contributed by atoms with Crippen LogP contribution in [-0.4, -0.2) is 23.5 Å². The Kier molecular flexibility index (Phi) is 4.17. The Morgan fingerprint density at radius 2 is 2.29 bits per heavy atom. The maximum absolute atomic E-state index is 12.5. The van der Waals surface area contributed by atoms with Gasteiger partial charge in [-0.1, -0.05) is 17.7 Å². The molecular formula is C16H16ClNO2S. The first kappa shape index (κ1) is 14.4. The number of carbonyl (C=O) groups is 1. The van der Waals surface area contributed by atoms with E-state index in [0.717, 1.165) is 13.0 Å². The summed E-state index contributed by atoms with van der Waals surface area (Å²) in [5.74, 6) is 0.642. The molecule has 21 heavy (non-hydrogen) atoms. The van der Waals surface area contributed by atoms with Crippen LogP contribution in [0.25, 0.3) is 0 Å². The zero-order valence-electron chi connectivity index (χ0n) is 11.7. The number of nitrogens with zero attached hydrogens (tertiary/aromatic N) is 1. The van der Waals surface area contributed by atoms with Crippen molar-refractivity contribution in [1.82, 2.24) is 4.90 Å².